The molecule has 0 aromatic heterocycles. The number of aliphatic hydroxyl groups excluding tert-OH is 1. The highest BCUT2D eigenvalue weighted by Gasteiger charge is 2.47. The number of rotatable bonds is 3. The molecule has 0 aliphatic carbocycles. The first-order chi connectivity index (χ1) is 16.8. The second kappa shape index (κ2) is 8.62. The molecule has 1 atom stereocenters. The fourth-order valence-corrected chi connectivity index (χ4v) is 4.51. The van der Waals surface area contributed by atoms with Gasteiger partial charge in [0.15, 0.2) is 11.5 Å². The first kappa shape index (κ1) is 22.7. The van der Waals surface area contributed by atoms with Gasteiger partial charge in [0, 0.05) is 17.3 Å². The minimum Gasteiger partial charge on any atom is -0.507 e. The van der Waals surface area contributed by atoms with Crippen molar-refractivity contribution >= 4 is 23.1 Å². The molecule has 2 aliphatic heterocycles. The zero-order valence-corrected chi connectivity index (χ0v) is 19.9. The third-order valence-electron chi connectivity index (χ3n) is 6.39. The van der Waals surface area contributed by atoms with Gasteiger partial charge in [-0.1, -0.05) is 75.4 Å². The number of Topliss-reactive ketones (excluding diaryl/α,β-unsaturated/α-hetero) is 1. The van der Waals surface area contributed by atoms with Crippen molar-refractivity contribution in [2.75, 3.05) is 18.1 Å². The number of benzene rings is 3. The molecule has 0 bridgehead atoms. The number of ketones is 1. The molecule has 1 amide bonds. The quantitative estimate of drug-likeness (QED) is 0.317. The van der Waals surface area contributed by atoms with E-state index in [1.54, 1.807) is 42.5 Å². The number of amides is 1. The molecule has 1 N–H and O–H groups in total. The van der Waals surface area contributed by atoms with E-state index in [0.717, 1.165) is 11.1 Å². The van der Waals surface area contributed by atoms with Gasteiger partial charge in [-0.05, 0) is 28.7 Å². The van der Waals surface area contributed by atoms with E-state index in [9.17, 15) is 14.7 Å². The number of carbonyl (C=O) groups is 2. The van der Waals surface area contributed by atoms with Crippen LogP contribution in [0.5, 0.6) is 11.5 Å². The third-order valence-corrected chi connectivity index (χ3v) is 6.39. The second-order valence-electron chi connectivity index (χ2n) is 9.74. The molecule has 35 heavy (non-hydrogen) atoms. The van der Waals surface area contributed by atoms with Gasteiger partial charge in [-0.25, -0.2) is 0 Å². The lowest BCUT2D eigenvalue weighted by Gasteiger charge is -2.28. The molecule has 6 heteroatoms. The summed E-state index contributed by atoms with van der Waals surface area (Å²) >= 11 is 0. The summed E-state index contributed by atoms with van der Waals surface area (Å²) in [5, 5.41) is 11.2. The minimum atomic E-state index is -0.799. The lowest BCUT2D eigenvalue weighted by atomic mass is 9.85. The summed E-state index contributed by atoms with van der Waals surface area (Å²) in [4.78, 5) is 28.2. The number of aliphatic hydroxyl groups is 1. The van der Waals surface area contributed by atoms with Crippen LogP contribution in [0.1, 0.15) is 43.5 Å². The van der Waals surface area contributed by atoms with Crippen molar-refractivity contribution in [2.45, 2.75) is 32.2 Å². The van der Waals surface area contributed by atoms with Crippen molar-refractivity contribution in [3.63, 3.8) is 0 Å². The summed E-state index contributed by atoms with van der Waals surface area (Å²) in [6.45, 7) is 7.23. The van der Waals surface area contributed by atoms with Crippen molar-refractivity contribution in [3.05, 3.63) is 95.1 Å². The van der Waals surface area contributed by atoms with Gasteiger partial charge < -0.3 is 14.6 Å². The Morgan fingerprint density at radius 2 is 1.54 bits per heavy atom. The molecule has 0 radical (unpaired) electrons. The second-order valence-corrected chi connectivity index (χ2v) is 9.74. The Morgan fingerprint density at radius 1 is 0.886 bits per heavy atom. The summed E-state index contributed by atoms with van der Waals surface area (Å²) in [7, 11) is 0. The average molecular weight is 470 g/mol. The molecule has 3 aromatic carbocycles. The van der Waals surface area contributed by atoms with Gasteiger partial charge in [0.1, 0.15) is 19.0 Å². The van der Waals surface area contributed by atoms with Crippen molar-refractivity contribution in [2.24, 2.45) is 0 Å². The van der Waals surface area contributed by atoms with Crippen molar-refractivity contribution in [1.29, 1.82) is 0 Å². The maximum absolute atomic E-state index is 13.4. The Bertz CT molecular complexity index is 1320. The highest BCUT2D eigenvalue weighted by molar-refractivity contribution is 6.51. The van der Waals surface area contributed by atoms with Gasteiger partial charge in [-0.15, -0.1) is 0 Å². The fourth-order valence-electron chi connectivity index (χ4n) is 4.51. The van der Waals surface area contributed by atoms with Crippen molar-refractivity contribution < 1.29 is 24.2 Å². The largest absolute Gasteiger partial charge is 0.507 e. The van der Waals surface area contributed by atoms with E-state index >= 15 is 0 Å². The summed E-state index contributed by atoms with van der Waals surface area (Å²) in [6.07, 6.45) is 0. The van der Waals surface area contributed by atoms with Gasteiger partial charge in [0.25, 0.3) is 11.7 Å². The number of nitrogens with zero attached hydrogens (tertiary/aromatic N) is 1. The number of hydrogen-bond donors (Lipinski definition) is 1. The zero-order chi connectivity index (χ0) is 24.7. The molecule has 3 aromatic rings. The normalized spacial score (nSPS) is 19.2. The number of anilines is 1. The van der Waals surface area contributed by atoms with Crippen LogP contribution < -0.4 is 14.4 Å². The smallest absolute Gasteiger partial charge is 0.300 e. The zero-order valence-electron chi connectivity index (χ0n) is 19.9. The van der Waals surface area contributed by atoms with Gasteiger partial charge in [-0.2, -0.15) is 0 Å². The molecule has 178 valence electrons. The number of fused-ring (bicyclic) bond motifs is 1. The van der Waals surface area contributed by atoms with Crippen LogP contribution in [-0.4, -0.2) is 30.0 Å². The van der Waals surface area contributed by atoms with Gasteiger partial charge in [0.05, 0.1) is 11.6 Å². The molecule has 6 nitrogen and oxygen atoms in total. The summed E-state index contributed by atoms with van der Waals surface area (Å²) in [5.74, 6) is -0.531. The predicted octanol–water partition coefficient (Wildman–Crippen LogP) is 5.38. The predicted molar refractivity (Wildman–Crippen MR) is 134 cm³/mol. The van der Waals surface area contributed by atoms with E-state index in [1.165, 1.54) is 4.90 Å². The minimum absolute atomic E-state index is 0.0552. The third kappa shape index (κ3) is 4.05. The molecular formula is C29H27NO5. The number of hydrogen-bond acceptors (Lipinski definition) is 5. The van der Waals surface area contributed by atoms with Crippen LogP contribution in [0.25, 0.3) is 5.76 Å². The van der Waals surface area contributed by atoms with E-state index < -0.39 is 17.7 Å². The molecular weight excluding hydrogens is 442 g/mol. The van der Waals surface area contributed by atoms with Gasteiger partial charge in [0.2, 0.25) is 0 Å². The molecule has 0 saturated carbocycles. The first-order valence-electron chi connectivity index (χ1n) is 11.6. The van der Waals surface area contributed by atoms with Gasteiger partial charge in [-0.3, -0.25) is 14.5 Å². The topological polar surface area (TPSA) is 76.1 Å². The standard InChI is InChI=1S/C29H27NO5/c1-29(2,3)20-11-9-18(10-12-20)25-24(26(31)19-7-5-4-6-8-19)27(32)28(33)30(25)21-13-14-22-23(17-21)35-16-15-34-22/h4-14,17,25,31H,15-16H2,1-3H3/b26-24+. The van der Waals surface area contributed by atoms with Crippen molar-refractivity contribution in [3.8, 4) is 11.5 Å². The monoisotopic (exact) mass is 469 g/mol. The average Bonchev–Trinajstić information content (AvgIpc) is 3.13. The van der Waals surface area contributed by atoms with E-state index in [0.29, 0.717) is 36.0 Å². The molecule has 1 saturated heterocycles. The molecule has 1 fully saturated rings. The highest BCUT2D eigenvalue weighted by Crippen LogP contribution is 2.44. The van der Waals surface area contributed by atoms with Crippen LogP contribution in [-0.2, 0) is 15.0 Å². The van der Waals surface area contributed by atoms with Crippen molar-refractivity contribution in [1.82, 2.24) is 0 Å². The summed E-state index contributed by atoms with van der Waals surface area (Å²) < 4.78 is 11.3. The Hall–Kier alpha value is -4.06. The molecule has 0 spiro atoms. The lowest BCUT2D eigenvalue weighted by Crippen LogP contribution is -2.29. The van der Waals surface area contributed by atoms with Crippen LogP contribution in [0.2, 0.25) is 0 Å². The Labute approximate surface area is 204 Å². The molecule has 5 rings (SSSR count). The highest BCUT2D eigenvalue weighted by atomic mass is 16.6. The van der Waals surface area contributed by atoms with E-state index in [2.05, 4.69) is 20.8 Å². The number of ether oxygens (including phenoxy) is 2. The first-order valence-corrected chi connectivity index (χ1v) is 11.6. The lowest BCUT2D eigenvalue weighted by molar-refractivity contribution is -0.132. The maximum Gasteiger partial charge on any atom is 0.300 e. The Morgan fingerprint density at radius 3 is 2.20 bits per heavy atom. The Kier molecular flexibility index (Phi) is 5.59. The van der Waals surface area contributed by atoms with Crippen LogP contribution >= 0.6 is 0 Å². The number of carbonyl (C=O) groups excluding carboxylic acids is 2. The van der Waals surface area contributed by atoms with Crippen LogP contribution in [0.4, 0.5) is 5.69 Å². The molecule has 2 heterocycles. The van der Waals surface area contributed by atoms with E-state index in [4.69, 9.17) is 9.47 Å². The Balaban J connectivity index is 1.68. The molecule has 1 unspecified atom stereocenters. The fraction of sp³-hybridized carbons (Fsp3) is 0.241. The van der Waals surface area contributed by atoms with Crippen LogP contribution in [0.15, 0.2) is 78.4 Å². The van der Waals surface area contributed by atoms with Crippen LogP contribution in [0, 0.1) is 0 Å². The SMILES string of the molecule is CC(C)(C)c1ccc(C2/C(=C(\O)c3ccccc3)C(=O)C(=O)N2c2ccc3c(c2)OCCO3)cc1. The van der Waals surface area contributed by atoms with E-state index in [-0.39, 0.29) is 16.7 Å². The van der Waals surface area contributed by atoms with Crippen LogP contribution in [0.3, 0.4) is 0 Å². The maximum atomic E-state index is 13.4. The van der Waals surface area contributed by atoms with E-state index in [1.807, 2.05) is 30.3 Å². The summed E-state index contributed by atoms with van der Waals surface area (Å²) in [6, 6.07) is 21.0. The summed E-state index contributed by atoms with van der Waals surface area (Å²) in [5.41, 5.74) is 2.82. The molecule has 2 aliphatic rings. The van der Waals surface area contributed by atoms with Gasteiger partial charge >= 0.3 is 0 Å².